The molecule has 0 bridgehead atoms. The molecule has 0 radical (unpaired) electrons. The van der Waals surface area contributed by atoms with Gasteiger partial charge in [-0.3, -0.25) is 0 Å². The number of aliphatic hydroxyl groups excluding tert-OH is 1. The molecule has 0 atom stereocenters. The third-order valence-electron chi connectivity index (χ3n) is 4.20. The van der Waals surface area contributed by atoms with Crippen LogP contribution in [0, 0.1) is 5.41 Å². The Labute approximate surface area is 121 Å². The summed E-state index contributed by atoms with van der Waals surface area (Å²) in [7, 11) is 2.13. The second kappa shape index (κ2) is 6.74. The summed E-state index contributed by atoms with van der Waals surface area (Å²) in [4.78, 5) is 2.31. The molecular formula is C16H24ClNO. The van der Waals surface area contributed by atoms with Crippen LogP contribution in [-0.4, -0.2) is 30.2 Å². The number of benzene rings is 1. The first-order valence-electron chi connectivity index (χ1n) is 7.17. The van der Waals surface area contributed by atoms with Gasteiger partial charge in [0.1, 0.15) is 0 Å². The van der Waals surface area contributed by atoms with Gasteiger partial charge in [0.05, 0.1) is 0 Å². The van der Waals surface area contributed by atoms with E-state index in [0.29, 0.717) is 6.61 Å². The van der Waals surface area contributed by atoms with E-state index in [1.807, 2.05) is 18.2 Å². The lowest BCUT2D eigenvalue weighted by Gasteiger charge is -2.38. The molecule has 0 heterocycles. The van der Waals surface area contributed by atoms with E-state index in [9.17, 15) is 5.11 Å². The molecule has 2 nitrogen and oxygen atoms in total. The van der Waals surface area contributed by atoms with Gasteiger partial charge in [0.15, 0.2) is 0 Å². The highest BCUT2D eigenvalue weighted by atomic mass is 35.5. The van der Waals surface area contributed by atoms with Crippen LogP contribution in [0.25, 0.3) is 0 Å². The summed E-state index contributed by atoms with van der Waals surface area (Å²) in [6.45, 7) is 2.17. The van der Waals surface area contributed by atoms with Gasteiger partial charge in [0.2, 0.25) is 0 Å². The lowest BCUT2D eigenvalue weighted by molar-refractivity contribution is 0.0464. The van der Waals surface area contributed by atoms with E-state index in [1.54, 1.807) is 0 Å². The SMILES string of the molecule is CN(Cc1cccc(Cl)c1)CC1(CO)CCCCC1. The largest absolute Gasteiger partial charge is 0.396 e. The van der Waals surface area contributed by atoms with Gasteiger partial charge in [-0.15, -0.1) is 0 Å². The predicted octanol–water partition coefficient (Wildman–Crippen LogP) is 3.71. The van der Waals surface area contributed by atoms with Crippen molar-refractivity contribution in [3.8, 4) is 0 Å². The summed E-state index contributed by atoms with van der Waals surface area (Å²) >= 11 is 6.02. The molecule has 0 aliphatic heterocycles. The van der Waals surface area contributed by atoms with Gasteiger partial charge < -0.3 is 10.0 Å². The maximum absolute atomic E-state index is 9.75. The Kier molecular flexibility index (Phi) is 5.26. The van der Waals surface area contributed by atoms with Gasteiger partial charge in [0, 0.05) is 30.1 Å². The number of aliphatic hydroxyl groups is 1. The maximum Gasteiger partial charge on any atom is 0.0499 e. The molecule has 0 unspecified atom stereocenters. The molecule has 1 aliphatic rings. The van der Waals surface area contributed by atoms with Gasteiger partial charge in [-0.05, 0) is 37.6 Å². The highest BCUT2D eigenvalue weighted by Gasteiger charge is 2.32. The molecule has 1 saturated carbocycles. The van der Waals surface area contributed by atoms with E-state index < -0.39 is 0 Å². The van der Waals surface area contributed by atoms with Crippen molar-refractivity contribution in [1.29, 1.82) is 0 Å². The van der Waals surface area contributed by atoms with Gasteiger partial charge in [-0.2, -0.15) is 0 Å². The van der Waals surface area contributed by atoms with Crippen molar-refractivity contribution >= 4 is 11.6 Å². The van der Waals surface area contributed by atoms with Gasteiger partial charge in [-0.25, -0.2) is 0 Å². The van der Waals surface area contributed by atoms with Crippen molar-refractivity contribution in [3.63, 3.8) is 0 Å². The summed E-state index contributed by atoms with van der Waals surface area (Å²) < 4.78 is 0. The zero-order valence-corrected chi connectivity index (χ0v) is 12.5. The van der Waals surface area contributed by atoms with E-state index in [-0.39, 0.29) is 5.41 Å². The van der Waals surface area contributed by atoms with Crippen molar-refractivity contribution in [2.75, 3.05) is 20.2 Å². The van der Waals surface area contributed by atoms with Crippen molar-refractivity contribution in [2.45, 2.75) is 38.6 Å². The van der Waals surface area contributed by atoms with E-state index in [0.717, 1.165) is 31.0 Å². The highest BCUT2D eigenvalue weighted by molar-refractivity contribution is 6.30. The molecule has 2 rings (SSSR count). The summed E-state index contributed by atoms with van der Waals surface area (Å²) in [5, 5.41) is 10.5. The van der Waals surface area contributed by atoms with Crippen LogP contribution in [0.4, 0.5) is 0 Å². The zero-order chi connectivity index (χ0) is 13.7. The van der Waals surface area contributed by atoms with E-state index >= 15 is 0 Å². The van der Waals surface area contributed by atoms with Crippen LogP contribution in [0.1, 0.15) is 37.7 Å². The third-order valence-corrected chi connectivity index (χ3v) is 4.43. The van der Waals surface area contributed by atoms with Crippen LogP contribution in [0.15, 0.2) is 24.3 Å². The predicted molar refractivity (Wildman–Crippen MR) is 80.4 cm³/mol. The molecule has 1 aliphatic carbocycles. The van der Waals surface area contributed by atoms with Crippen molar-refractivity contribution in [3.05, 3.63) is 34.9 Å². The smallest absolute Gasteiger partial charge is 0.0499 e. The Morgan fingerprint density at radius 3 is 2.63 bits per heavy atom. The number of rotatable bonds is 5. The Morgan fingerprint density at radius 2 is 2.00 bits per heavy atom. The summed E-state index contributed by atoms with van der Waals surface area (Å²) in [5.41, 5.74) is 1.35. The molecule has 0 amide bonds. The molecule has 1 aromatic carbocycles. The quantitative estimate of drug-likeness (QED) is 0.889. The number of hydrogen-bond acceptors (Lipinski definition) is 2. The van der Waals surface area contributed by atoms with E-state index in [2.05, 4.69) is 18.0 Å². The van der Waals surface area contributed by atoms with Crippen LogP contribution in [0.2, 0.25) is 5.02 Å². The fourth-order valence-corrected chi connectivity index (χ4v) is 3.46. The van der Waals surface area contributed by atoms with Gasteiger partial charge in [0.25, 0.3) is 0 Å². The first kappa shape index (κ1) is 14.8. The number of halogens is 1. The average molecular weight is 282 g/mol. The summed E-state index contributed by atoms with van der Waals surface area (Å²) in [5.74, 6) is 0. The molecular weight excluding hydrogens is 258 g/mol. The first-order chi connectivity index (χ1) is 9.13. The zero-order valence-electron chi connectivity index (χ0n) is 11.7. The van der Waals surface area contributed by atoms with Crippen molar-refractivity contribution in [2.24, 2.45) is 5.41 Å². The highest BCUT2D eigenvalue weighted by Crippen LogP contribution is 2.36. The molecule has 1 fully saturated rings. The summed E-state index contributed by atoms with van der Waals surface area (Å²) in [6, 6.07) is 8.02. The molecule has 0 aromatic heterocycles. The second-order valence-electron chi connectivity index (χ2n) is 6.02. The van der Waals surface area contributed by atoms with Gasteiger partial charge in [-0.1, -0.05) is 43.0 Å². The molecule has 106 valence electrons. The molecule has 19 heavy (non-hydrogen) atoms. The van der Waals surface area contributed by atoms with E-state index in [4.69, 9.17) is 11.6 Å². The fraction of sp³-hybridized carbons (Fsp3) is 0.625. The summed E-state index contributed by atoms with van der Waals surface area (Å²) in [6.07, 6.45) is 6.14. The normalized spacial score (nSPS) is 18.7. The number of nitrogens with zero attached hydrogens (tertiary/aromatic N) is 1. The molecule has 1 N–H and O–H groups in total. The molecule has 3 heteroatoms. The minimum absolute atomic E-state index is 0.117. The lowest BCUT2D eigenvalue weighted by atomic mass is 9.74. The van der Waals surface area contributed by atoms with Crippen LogP contribution >= 0.6 is 11.6 Å². The Hall–Kier alpha value is -0.570. The standard InChI is InChI=1S/C16H24ClNO/c1-18(11-14-6-5-7-15(17)10-14)12-16(13-19)8-3-2-4-9-16/h5-7,10,19H,2-4,8-9,11-13H2,1H3. The molecule has 0 spiro atoms. The van der Waals surface area contributed by atoms with Crippen LogP contribution in [0.5, 0.6) is 0 Å². The minimum Gasteiger partial charge on any atom is -0.396 e. The molecule has 1 aromatic rings. The van der Waals surface area contributed by atoms with Crippen LogP contribution in [0.3, 0.4) is 0 Å². The third kappa shape index (κ3) is 4.20. The monoisotopic (exact) mass is 281 g/mol. The maximum atomic E-state index is 9.75. The van der Waals surface area contributed by atoms with Crippen molar-refractivity contribution in [1.82, 2.24) is 4.90 Å². The Balaban J connectivity index is 1.94. The van der Waals surface area contributed by atoms with Crippen LogP contribution in [-0.2, 0) is 6.54 Å². The Bertz CT molecular complexity index is 401. The molecule has 0 saturated heterocycles. The fourth-order valence-electron chi connectivity index (χ4n) is 3.24. The number of hydrogen-bond donors (Lipinski definition) is 1. The Morgan fingerprint density at radius 1 is 1.26 bits per heavy atom. The van der Waals surface area contributed by atoms with E-state index in [1.165, 1.54) is 24.8 Å². The lowest BCUT2D eigenvalue weighted by Crippen LogP contribution is -2.39. The minimum atomic E-state index is 0.117. The van der Waals surface area contributed by atoms with Gasteiger partial charge >= 0.3 is 0 Å². The first-order valence-corrected chi connectivity index (χ1v) is 7.55. The average Bonchev–Trinajstić information content (AvgIpc) is 2.39. The van der Waals surface area contributed by atoms with Crippen LogP contribution < -0.4 is 0 Å². The topological polar surface area (TPSA) is 23.5 Å². The van der Waals surface area contributed by atoms with Crippen molar-refractivity contribution < 1.29 is 5.11 Å². The second-order valence-corrected chi connectivity index (χ2v) is 6.46.